The Labute approximate surface area is 50.2 Å². The minimum Gasteiger partial charge on any atom is -0.200 e. The van der Waals surface area contributed by atoms with Crippen LogP contribution in [0.3, 0.4) is 0 Å². The molecule has 0 radical (unpaired) electrons. The van der Waals surface area contributed by atoms with Crippen molar-refractivity contribution >= 4 is 0 Å². The molecule has 1 rings (SSSR count). The summed E-state index contributed by atoms with van der Waals surface area (Å²) in [5.74, 6) is 0. The summed E-state index contributed by atoms with van der Waals surface area (Å²) >= 11 is 0. The third-order valence-corrected chi connectivity index (χ3v) is 1.05. The van der Waals surface area contributed by atoms with Crippen molar-refractivity contribution in [3.63, 3.8) is 0 Å². The zero-order valence-corrected chi connectivity index (χ0v) is 4.61. The Morgan fingerprint density at radius 3 is 1.89 bits per heavy atom. The summed E-state index contributed by atoms with van der Waals surface area (Å²) in [5, 5.41) is 0.889. The van der Waals surface area contributed by atoms with Crippen molar-refractivity contribution in [1.82, 2.24) is 5.06 Å². The fourth-order valence-corrected chi connectivity index (χ4v) is 0.525. The van der Waals surface area contributed by atoms with Gasteiger partial charge in [-0.15, -0.1) is 13.2 Å². The fraction of sp³-hybridized carbons (Fsp3) is 1.00. The summed E-state index contributed by atoms with van der Waals surface area (Å²) in [5.41, 5.74) is 0. The molecule has 1 fully saturated rings. The molecule has 0 aromatic heterocycles. The zero-order valence-electron chi connectivity index (χ0n) is 4.61. The number of hydrogen-bond acceptors (Lipinski definition) is 2. The monoisotopic (exact) mass is 141 g/mol. The highest BCUT2D eigenvalue weighted by molar-refractivity contribution is 4.58. The van der Waals surface area contributed by atoms with Gasteiger partial charge in [0.25, 0.3) is 0 Å². The van der Waals surface area contributed by atoms with Crippen LogP contribution < -0.4 is 0 Å². The molecule has 54 valence electrons. The minimum atomic E-state index is -4.50. The normalized spacial score (nSPS) is 21.7. The third-order valence-electron chi connectivity index (χ3n) is 1.05. The molecule has 0 N–H and O–H groups in total. The van der Waals surface area contributed by atoms with Crippen LogP contribution in [0.4, 0.5) is 13.2 Å². The van der Waals surface area contributed by atoms with E-state index in [-0.39, 0.29) is 0 Å². The molecule has 0 atom stereocenters. The van der Waals surface area contributed by atoms with Crippen LogP contribution in [-0.2, 0) is 4.84 Å². The van der Waals surface area contributed by atoms with E-state index in [4.69, 9.17) is 0 Å². The van der Waals surface area contributed by atoms with Gasteiger partial charge >= 0.3 is 6.36 Å². The van der Waals surface area contributed by atoms with E-state index in [1.54, 1.807) is 0 Å². The van der Waals surface area contributed by atoms with E-state index in [1.165, 1.54) is 0 Å². The Hall–Kier alpha value is -0.290. The molecule has 1 heterocycles. The van der Waals surface area contributed by atoms with Crippen LogP contribution in [0.15, 0.2) is 0 Å². The standard InChI is InChI=1S/C4H6F3NO/c5-4(6,7)9-8-2-1-3-8/h1-3H2. The Morgan fingerprint density at radius 1 is 1.22 bits per heavy atom. The van der Waals surface area contributed by atoms with E-state index >= 15 is 0 Å². The van der Waals surface area contributed by atoms with Gasteiger partial charge in [0.2, 0.25) is 0 Å². The molecule has 0 amide bonds. The smallest absolute Gasteiger partial charge is 0.200 e. The average molecular weight is 141 g/mol. The molecule has 1 aliphatic rings. The van der Waals surface area contributed by atoms with Gasteiger partial charge in [0, 0.05) is 13.1 Å². The van der Waals surface area contributed by atoms with E-state index in [0.717, 1.165) is 11.5 Å². The van der Waals surface area contributed by atoms with E-state index in [1.807, 2.05) is 0 Å². The Balaban J connectivity index is 2.16. The third kappa shape index (κ3) is 2.19. The molecule has 0 bridgehead atoms. The van der Waals surface area contributed by atoms with E-state index in [2.05, 4.69) is 4.84 Å². The van der Waals surface area contributed by atoms with Crippen LogP contribution in [0, 0.1) is 0 Å². The molecule has 0 aliphatic carbocycles. The Kier molecular flexibility index (Phi) is 1.63. The molecule has 0 spiro atoms. The Bertz CT molecular complexity index is 98.5. The van der Waals surface area contributed by atoms with Gasteiger partial charge < -0.3 is 0 Å². The number of rotatable bonds is 1. The number of nitrogens with zero attached hydrogens (tertiary/aromatic N) is 1. The van der Waals surface area contributed by atoms with Crippen molar-refractivity contribution in [2.75, 3.05) is 13.1 Å². The summed E-state index contributed by atoms with van der Waals surface area (Å²) in [6, 6.07) is 0. The highest BCUT2D eigenvalue weighted by Gasteiger charge is 2.35. The number of halogens is 3. The second-order valence-electron chi connectivity index (χ2n) is 1.82. The first kappa shape index (κ1) is 6.82. The van der Waals surface area contributed by atoms with Gasteiger partial charge in [0.05, 0.1) is 0 Å². The second kappa shape index (κ2) is 2.15. The maximum atomic E-state index is 11.3. The molecule has 0 aromatic carbocycles. The topological polar surface area (TPSA) is 12.5 Å². The van der Waals surface area contributed by atoms with Crippen LogP contribution in [-0.4, -0.2) is 24.5 Å². The highest BCUT2D eigenvalue weighted by atomic mass is 19.4. The largest absolute Gasteiger partial charge is 0.539 e. The summed E-state index contributed by atoms with van der Waals surface area (Å²) in [7, 11) is 0. The van der Waals surface area contributed by atoms with Gasteiger partial charge in [-0.25, -0.2) is 4.84 Å². The molecule has 5 heteroatoms. The number of alkyl halides is 3. The molecule has 2 nitrogen and oxygen atoms in total. The zero-order chi connectivity index (χ0) is 6.91. The lowest BCUT2D eigenvalue weighted by Crippen LogP contribution is -2.41. The van der Waals surface area contributed by atoms with Crippen molar-refractivity contribution in [1.29, 1.82) is 0 Å². The molecule has 1 saturated heterocycles. The van der Waals surface area contributed by atoms with Crippen molar-refractivity contribution in [2.45, 2.75) is 12.8 Å². The van der Waals surface area contributed by atoms with E-state index in [9.17, 15) is 13.2 Å². The molecule has 0 unspecified atom stereocenters. The van der Waals surface area contributed by atoms with Crippen LogP contribution in [0.25, 0.3) is 0 Å². The lowest BCUT2D eigenvalue weighted by molar-refractivity contribution is -0.426. The van der Waals surface area contributed by atoms with Gasteiger partial charge in [0.15, 0.2) is 0 Å². The first-order valence-electron chi connectivity index (χ1n) is 2.59. The van der Waals surface area contributed by atoms with Gasteiger partial charge in [-0.2, -0.15) is 5.06 Å². The van der Waals surface area contributed by atoms with E-state index in [0.29, 0.717) is 13.1 Å². The maximum Gasteiger partial charge on any atom is 0.539 e. The second-order valence-corrected chi connectivity index (χ2v) is 1.82. The van der Waals surface area contributed by atoms with Crippen molar-refractivity contribution in [3.8, 4) is 0 Å². The van der Waals surface area contributed by atoms with Crippen LogP contribution in [0.5, 0.6) is 0 Å². The lowest BCUT2D eigenvalue weighted by atomic mass is 10.3. The van der Waals surface area contributed by atoms with Crippen molar-refractivity contribution < 1.29 is 18.0 Å². The predicted octanol–water partition coefficient (Wildman–Crippen LogP) is 1.14. The molecule has 1 aliphatic heterocycles. The molecule has 0 aromatic rings. The highest BCUT2D eigenvalue weighted by Crippen LogP contribution is 2.21. The van der Waals surface area contributed by atoms with Crippen molar-refractivity contribution in [3.05, 3.63) is 0 Å². The molecule has 9 heavy (non-hydrogen) atoms. The summed E-state index contributed by atoms with van der Waals surface area (Å²) in [6.45, 7) is 0.777. The lowest BCUT2D eigenvalue weighted by Gasteiger charge is -2.29. The average Bonchev–Trinajstić information content (AvgIpc) is 1.53. The first-order chi connectivity index (χ1) is 4.08. The van der Waals surface area contributed by atoms with E-state index < -0.39 is 6.36 Å². The SMILES string of the molecule is FC(F)(F)ON1CCC1. The van der Waals surface area contributed by atoms with Crippen LogP contribution in [0.1, 0.15) is 6.42 Å². The maximum absolute atomic E-state index is 11.3. The van der Waals surface area contributed by atoms with Crippen molar-refractivity contribution in [2.24, 2.45) is 0 Å². The van der Waals surface area contributed by atoms with Gasteiger partial charge in [-0.05, 0) is 6.42 Å². The van der Waals surface area contributed by atoms with Gasteiger partial charge in [-0.3, -0.25) is 0 Å². The van der Waals surface area contributed by atoms with Crippen LogP contribution in [0.2, 0.25) is 0 Å². The number of hydrogen-bond donors (Lipinski definition) is 0. The van der Waals surface area contributed by atoms with Gasteiger partial charge in [-0.1, -0.05) is 0 Å². The molecular formula is C4H6F3NO. The minimum absolute atomic E-state index is 0.388. The van der Waals surface area contributed by atoms with Crippen LogP contribution >= 0.6 is 0 Å². The Morgan fingerprint density at radius 2 is 1.78 bits per heavy atom. The molecular weight excluding hydrogens is 135 g/mol. The summed E-state index contributed by atoms with van der Waals surface area (Å²) < 4.78 is 33.8. The first-order valence-corrected chi connectivity index (χ1v) is 2.59. The predicted molar refractivity (Wildman–Crippen MR) is 23.3 cm³/mol. The summed E-state index contributed by atoms with van der Waals surface area (Å²) in [4.78, 5) is 3.51. The summed E-state index contributed by atoms with van der Waals surface area (Å²) in [6.07, 6.45) is -3.71. The number of hydroxylamine groups is 2. The molecule has 0 saturated carbocycles. The quantitative estimate of drug-likeness (QED) is 0.543. The van der Waals surface area contributed by atoms with Gasteiger partial charge in [0.1, 0.15) is 0 Å². The fourth-order valence-electron chi connectivity index (χ4n) is 0.525.